The number of rotatable bonds is 6. The fourth-order valence-electron chi connectivity index (χ4n) is 2.21. The van der Waals surface area contributed by atoms with E-state index in [0.717, 1.165) is 5.69 Å². The summed E-state index contributed by atoms with van der Waals surface area (Å²) in [7, 11) is 1.31. The van der Waals surface area contributed by atoms with Gasteiger partial charge in [-0.05, 0) is 42.5 Å². The highest BCUT2D eigenvalue weighted by Gasteiger charge is 2.09. The fourth-order valence-corrected chi connectivity index (χ4v) is 2.76. The number of methoxy groups -OCH3 is 1. The van der Waals surface area contributed by atoms with E-state index in [1.54, 1.807) is 54.0 Å². The van der Waals surface area contributed by atoms with Crippen LogP contribution in [0.4, 0.5) is 5.69 Å². The molecular weight excluding hydrogens is 352 g/mol. The highest BCUT2D eigenvalue weighted by molar-refractivity contribution is 7.07. The summed E-state index contributed by atoms with van der Waals surface area (Å²) in [6.45, 7) is 0.384. The first-order valence-electron chi connectivity index (χ1n) is 7.75. The van der Waals surface area contributed by atoms with Crippen LogP contribution in [0.2, 0.25) is 0 Å². The maximum Gasteiger partial charge on any atom is 0.337 e. The van der Waals surface area contributed by atoms with Gasteiger partial charge in [0.25, 0.3) is 5.91 Å². The lowest BCUT2D eigenvalue weighted by atomic mass is 10.1. The Labute approximate surface area is 154 Å². The predicted molar refractivity (Wildman–Crippen MR) is 98.6 cm³/mol. The number of anilines is 1. The van der Waals surface area contributed by atoms with Crippen molar-refractivity contribution in [2.45, 2.75) is 6.61 Å². The van der Waals surface area contributed by atoms with Crippen molar-refractivity contribution < 1.29 is 19.1 Å². The van der Waals surface area contributed by atoms with Gasteiger partial charge in [-0.1, -0.05) is 6.07 Å². The molecule has 0 bridgehead atoms. The SMILES string of the molecule is COC(=O)c1cccc(NC(=O)c2ccc(OCc3cscn3)cc2)c1. The first-order chi connectivity index (χ1) is 12.7. The van der Waals surface area contributed by atoms with Crippen molar-refractivity contribution >= 4 is 28.9 Å². The maximum atomic E-state index is 12.3. The molecule has 0 unspecified atom stereocenters. The average Bonchev–Trinajstić information content (AvgIpc) is 3.20. The first kappa shape index (κ1) is 17.6. The molecule has 1 amide bonds. The van der Waals surface area contributed by atoms with Crippen LogP contribution in [0.1, 0.15) is 26.4 Å². The van der Waals surface area contributed by atoms with Crippen LogP contribution in [-0.4, -0.2) is 24.0 Å². The van der Waals surface area contributed by atoms with E-state index in [2.05, 4.69) is 15.0 Å². The van der Waals surface area contributed by atoms with Gasteiger partial charge in [0.2, 0.25) is 0 Å². The number of amides is 1. The van der Waals surface area contributed by atoms with Crippen LogP contribution in [0.25, 0.3) is 0 Å². The minimum Gasteiger partial charge on any atom is -0.487 e. The van der Waals surface area contributed by atoms with E-state index in [9.17, 15) is 9.59 Å². The largest absolute Gasteiger partial charge is 0.487 e. The average molecular weight is 368 g/mol. The van der Waals surface area contributed by atoms with Gasteiger partial charge in [0, 0.05) is 16.6 Å². The zero-order valence-corrected chi connectivity index (χ0v) is 14.8. The van der Waals surface area contributed by atoms with Crippen molar-refractivity contribution in [3.05, 3.63) is 76.2 Å². The van der Waals surface area contributed by atoms with Crippen LogP contribution < -0.4 is 10.1 Å². The summed E-state index contributed by atoms with van der Waals surface area (Å²) in [4.78, 5) is 28.0. The molecule has 0 aliphatic carbocycles. The Hall–Kier alpha value is -3.19. The lowest BCUT2D eigenvalue weighted by Crippen LogP contribution is -2.12. The van der Waals surface area contributed by atoms with Crippen molar-refractivity contribution in [2.75, 3.05) is 12.4 Å². The normalized spacial score (nSPS) is 10.2. The van der Waals surface area contributed by atoms with E-state index >= 15 is 0 Å². The van der Waals surface area contributed by atoms with Crippen LogP contribution in [0.5, 0.6) is 5.75 Å². The highest BCUT2D eigenvalue weighted by Crippen LogP contribution is 2.17. The molecule has 0 aliphatic rings. The summed E-state index contributed by atoms with van der Waals surface area (Å²) < 4.78 is 10.3. The Bertz CT molecular complexity index is 892. The van der Waals surface area contributed by atoms with E-state index in [0.29, 0.717) is 29.2 Å². The molecule has 1 heterocycles. The van der Waals surface area contributed by atoms with Crippen molar-refractivity contribution in [2.24, 2.45) is 0 Å². The standard InChI is InChI=1S/C19H16N2O4S/c1-24-19(23)14-3-2-4-15(9-14)21-18(22)13-5-7-17(8-6-13)25-10-16-11-26-12-20-16/h2-9,11-12H,10H2,1H3,(H,21,22). The molecular formula is C19H16N2O4S. The smallest absolute Gasteiger partial charge is 0.337 e. The number of ether oxygens (including phenoxy) is 2. The van der Waals surface area contributed by atoms with E-state index < -0.39 is 5.97 Å². The number of aromatic nitrogens is 1. The molecule has 0 saturated carbocycles. The summed E-state index contributed by atoms with van der Waals surface area (Å²) in [5.41, 5.74) is 3.98. The Morgan fingerprint density at radius 3 is 2.62 bits per heavy atom. The third kappa shape index (κ3) is 4.46. The summed E-state index contributed by atoms with van der Waals surface area (Å²) in [5, 5.41) is 4.68. The van der Waals surface area contributed by atoms with E-state index in [4.69, 9.17) is 4.74 Å². The fraction of sp³-hybridized carbons (Fsp3) is 0.105. The van der Waals surface area contributed by atoms with Gasteiger partial charge < -0.3 is 14.8 Å². The van der Waals surface area contributed by atoms with Gasteiger partial charge >= 0.3 is 5.97 Å². The van der Waals surface area contributed by atoms with Gasteiger partial charge in [-0.15, -0.1) is 11.3 Å². The Kier molecular flexibility index (Phi) is 5.60. The second-order valence-electron chi connectivity index (χ2n) is 5.32. The van der Waals surface area contributed by atoms with Gasteiger partial charge in [-0.2, -0.15) is 0 Å². The molecule has 0 saturated heterocycles. The third-order valence-corrected chi connectivity index (χ3v) is 4.16. The zero-order valence-electron chi connectivity index (χ0n) is 14.0. The molecule has 26 heavy (non-hydrogen) atoms. The van der Waals surface area contributed by atoms with Gasteiger partial charge in [-0.3, -0.25) is 4.79 Å². The molecule has 7 heteroatoms. The maximum absolute atomic E-state index is 12.3. The van der Waals surface area contributed by atoms with Crippen LogP contribution in [0.3, 0.4) is 0 Å². The quantitative estimate of drug-likeness (QED) is 0.670. The lowest BCUT2D eigenvalue weighted by Gasteiger charge is -2.08. The minimum atomic E-state index is -0.456. The van der Waals surface area contributed by atoms with Gasteiger partial charge in [-0.25, -0.2) is 9.78 Å². The number of nitrogens with zero attached hydrogens (tertiary/aromatic N) is 1. The van der Waals surface area contributed by atoms with Crippen molar-refractivity contribution in [1.82, 2.24) is 4.98 Å². The summed E-state index contributed by atoms with van der Waals surface area (Å²) in [6, 6.07) is 13.4. The van der Waals surface area contributed by atoms with E-state index in [-0.39, 0.29) is 5.91 Å². The topological polar surface area (TPSA) is 77.5 Å². The highest BCUT2D eigenvalue weighted by atomic mass is 32.1. The molecule has 0 spiro atoms. The Morgan fingerprint density at radius 2 is 1.92 bits per heavy atom. The van der Waals surface area contributed by atoms with E-state index in [1.165, 1.54) is 18.4 Å². The molecule has 0 atom stereocenters. The third-order valence-electron chi connectivity index (χ3n) is 3.53. The molecule has 0 radical (unpaired) electrons. The molecule has 3 rings (SSSR count). The monoisotopic (exact) mass is 368 g/mol. The molecule has 2 aromatic carbocycles. The first-order valence-corrected chi connectivity index (χ1v) is 8.69. The number of nitrogens with one attached hydrogen (secondary N) is 1. The second kappa shape index (κ2) is 8.26. The van der Waals surface area contributed by atoms with Gasteiger partial charge in [0.05, 0.1) is 23.9 Å². The van der Waals surface area contributed by atoms with Crippen LogP contribution >= 0.6 is 11.3 Å². The molecule has 6 nitrogen and oxygen atoms in total. The molecule has 132 valence electrons. The van der Waals surface area contributed by atoms with Crippen LogP contribution in [0, 0.1) is 0 Å². The Balaban J connectivity index is 1.62. The number of thiazole rings is 1. The van der Waals surface area contributed by atoms with Gasteiger partial charge in [0.1, 0.15) is 12.4 Å². The molecule has 1 aromatic heterocycles. The number of hydrogen-bond donors (Lipinski definition) is 1. The van der Waals surface area contributed by atoms with Crippen LogP contribution in [0.15, 0.2) is 59.4 Å². The number of carbonyl (C=O) groups excluding carboxylic acids is 2. The number of benzene rings is 2. The van der Waals surface area contributed by atoms with Gasteiger partial charge in [0.15, 0.2) is 0 Å². The van der Waals surface area contributed by atoms with Crippen molar-refractivity contribution in [3.63, 3.8) is 0 Å². The molecule has 0 fully saturated rings. The molecule has 3 aromatic rings. The second-order valence-corrected chi connectivity index (χ2v) is 6.04. The number of esters is 1. The summed E-state index contributed by atoms with van der Waals surface area (Å²) in [6.07, 6.45) is 0. The number of carbonyl (C=O) groups is 2. The van der Waals surface area contributed by atoms with Crippen molar-refractivity contribution in [1.29, 1.82) is 0 Å². The number of hydrogen-bond acceptors (Lipinski definition) is 6. The summed E-state index contributed by atoms with van der Waals surface area (Å²) in [5.74, 6) is -0.0805. The molecule has 1 N–H and O–H groups in total. The van der Waals surface area contributed by atoms with E-state index in [1.807, 2.05) is 5.38 Å². The lowest BCUT2D eigenvalue weighted by molar-refractivity contribution is 0.0600. The predicted octanol–water partition coefficient (Wildman–Crippen LogP) is 3.76. The van der Waals surface area contributed by atoms with Crippen LogP contribution in [-0.2, 0) is 11.3 Å². The molecule has 0 aliphatic heterocycles. The van der Waals surface area contributed by atoms with Crippen molar-refractivity contribution in [3.8, 4) is 5.75 Å². The minimum absolute atomic E-state index is 0.280. The zero-order chi connectivity index (χ0) is 18.4. The summed E-state index contributed by atoms with van der Waals surface area (Å²) >= 11 is 1.51. The Morgan fingerprint density at radius 1 is 1.12 bits per heavy atom.